The molecule has 0 bridgehead atoms. The summed E-state index contributed by atoms with van der Waals surface area (Å²) < 4.78 is 5.34. The topological polar surface area (TPSA) is 58.0 Å². The van der Waals surface area contributed by atoms with Gasteiger partial charge in [-0.2, -0.15) is 0 Å². The second kappa shape index (κ2) is 5.14. The van der Waals surface area contributed by atoms with Crippen molar-refractivity contribution in [2.75, 3.05) is 6.61 Å². The summed E-state index contributed by atoms with van der Waals surface area (Å²) in [4.78, 5) is 2.72. The Balaban J connectivity index is 2.83. The Morgan fingerprint density at radius 2 is 2.29 bits per heavy atom. The fraction of sp³-hybridized carbons (Fsp3) is 0.400. The molecule has 14 heavy (non-hydrogen) atoms. The highest BCUT2D eigenvalue weighted by Gasteiger charge is 1.98. The van der Waals surface area contributed by atoms with Crippen molar-refractivity contribution in [2.24, 2.45) is 5.11 Å². The van der Waals surface area contributed by atoms with Crippen LogP contribution in [-0.4, -0.2) is 6.61 Å². The number of ether oxygens (including phenoxy) is 1. The minimum absolute atomic E-state index is 0.398. The van der Waals surface area contributed by atoms with Gasteiger partial charge in [0.2, 0.25) is 0 Å². The van der Waals surface area contributed by atoms with Gasteiger partial charge in [-0.1, -0.05) is 11.2 Å². The zero-order chi connectivity index (χ0) is 10.4. The van der Waals surface area contributed by atoms with Crippen LogP contribution in [0.1, 0.15) is 18.1 Å². The standard InChI is InChI=1S/C10H13N3O/c1-3-14-10-5-4-9(7-12-13-11)8(2)6-10/h4-6H,3,7H2,1-2H3. The van der Waals surface area contributed by atoms with Crippen molar-refractivity contribution >= 4 is 0 Å². The van der Waals surface area contributed by atoms with Crippen molar-refractivity contribution in [3.8, 4) is 5.75 Å². The normalized spacial score (nSPS) is 9.29. The van der Waals surface area contributed by atoms with E-state index in [4.69, 9.17) is 10.3 Å². The molecule has 0 aliphatic carbocycles. The van der Waals surface area contributed by atoms with E-state index < -0.39 is 0 Å². The molecule has 0 heterocycles. The molecule has 0 fully saturated rings. The summed E-state index contributed by atoms with van der Waals surface area (Å²) in [5, 5.41) is 3.52. The largest absolute Gasteiger partial charge is 0.494 e. The average molecular weight is 191 g/mol. The lowest BCUT2D eigenvalue weighted by Crippen LogP contribution is -1.93. The fourth-order valence-corrected chi connectivity index (χ4v) is 1.21. The van der Waals surface area contributed by atoms with Crippen LogP contribution in [0.2, 0.25) is 0 Å². The molecule has 0 saturated carbocycles. The van der Waals surface area contributed by atoms with Gasteiger partial charge in [0.1, 0.15) is 5.75 Å². The van der Waals surface area contributed by atoms with Crippen LogP contribution < -0.4 is 4.74 Å². The molecule has 0 aliphatic rings. The van der Waals surface area contributed by atoms with Crippen LogP contribution in [0.5, 0.6) is 5.75 Å². The number of hydrogen-bond acceptors (Lipinski definition) is 2. The molecule has 0 aromatic heterocycles. The number of rotatable bonds is 4. The summed E-state index contributed by atoms with van der Waals surface area (Å²) in [6.45, 7) is 4.98. The summed E-state index contributed by atoms with van der Waals surface area (Å²) in [6.07, 6.45) is 0. The average Bonchev–Trinajstić information content (AvgIpc) is 2.17. The minimum atomic E-state index is 0.398. The third-order valence-corrected chi connectivity index (χ3v) is 1.93. The molecule has 0 unspecified atom stereocenters. The smallest absolute Gasteiger partial charge is 0.119 e. The summed E-state index contributed by atoms with van der Waals surface area (Å²) in [7, 11) is 0. The highest BCUT2D eigenvalue weighted by molar-refractivity contribution is 5.34. The van der Waals surface area contributed by atoms with Crippen LogP contribution in [0.4, 0.5) is 0 Å². The molecule has 0 radical (unpaired) electrons. The summed E-state index contributed by atoms with van der Waals surface area (Å²) >= 11 is 0. The molecule has 0 aliphatic heterocycles. The van der Waals surface area contributed by atoms with Gasteiger partial charge in [-0.3, -0.25) is 0 Å². The highest BCUT2D eigenvalue weighted by atomic mass is 16.5. The van der Waals surface area contributed by atoms with E-state index in [-0.39, 0.29) is 0 Å². The molecule has 0 spiro atoms. The van der Waals surface area contributed by atoms with Crippen LogP contribution in [0.25, 0.3) is 10.4 Å². The van der Waals surface area contributed by atoms with Crippen LogP contribution in [-0.2, 0) is 6.54 Å². The van der Waals surface area contributed by atoms with E-state index in [0.717, 1.165) is 16.9 Å². The highest BCUT2D eigenvalue weighted by Crippen LogP contribution is 2.17. The maximum Gasteiger partial charge on any atom is 0.119 e. The van der Waals surface area contributed by atoms with Crippen molar-refractivity contribution in [1.82, 2.24) is 0 Å². The summed E-state index contributed by atoms with van der Waals surface area (Å²) in [5.74, 6) is 0.856. The zero-order valence-electron chi connectivity index (χ0n) is 8.40. The first-order valence-corrected chi connectivity index (χ1v) is 4.51. The molecule has 0 saturated heterocycles. The predicted octanol–water partition coefficient (Wildman–Crippen LogP) is 3.20. The Kier molecular flexibility index (Phi) is 3.83. The lowest BCUT2D eigenvalue weighted by atomic mass is 10.1. The van der Waals surface area contributed by atoms with Gasteiger partial charge >= 0.3 is 0 Å². The van der Waals surface area contributed by atoms with Crippen molar-refractivity contribution in [3.05, 3.63) is 39.8 Å². The lowest BCUT2D eigenvalue weighted by Gasteiger charge is -2.06. The quantitative estimate of drug-likeness (QED) is 0.409. The van der Waals surface area contributed by atoms with E-state index in [9.17, 15) is 0 Å². The van der Waals surface area contributed by atoms with Gasteiger partial charge in [-0.15, -0.1) is 0 Å². The Labute approximate surface area is 83.1 Å². The first kappa shape index (κ1) is 10.4. The molecule has 0 amide bonds. The molecule has 0 N–H and O–H groups in total. The van der Waals surface area contributed by atoms with Gasteiger partial charge < -0.3 is 4.74 Å². The van der Waals surface area contributed by atoms with Crippen molar-refractivity contribution in [1.29, 1.82) is 0 Å². The van der Waals surface area contributed by atoms with Crippen LogP contribution in [0.3, 0.4) is 0 Å². The third kappa shape index (κ3) is 2.68. The summed E-state index contributed by atoms with van der Waals surface area (Å²) in [5.41, 5.74) is 10.3. The van der Waals surface area contributed by atoms with E-state index in [1.165, 1.54) is 0 Å². The van der Waals surface area contributed by atoms with Crippen molar-refractivity contribution in [2.45, 2.75) is 20.4 Å². The van der Waals surface area contributed by atoms with Crippen LogP contribution in [0.15, 0.2) is 23.3 Å². The minimum Gasteiger partial charge on any atom is -0.494 e. The van der Waals surface area contributed by atoms with Gasteiger partial charge in [0.25, 0.3) is 0 Å². The number of benzene rings is 1. The molecule has 74 valence electrons. The molecular weight excluding hydrogens is 178 g/mol. The number of nitrogens with zero attached hydrogens (tertiary/aromatic N) is 3. The van der Waals surface area contributed by atoms with Gasteiger partial charge in [0.05, 0.1) is 13.2 Å². The second-order valence-corrected chi connectivity index (χ2v) is 2.91. The molecule has 4 nitrogen and oxygen atoms in total. The third-order valence-electron chi connectivity index (χ3n) is 1.93. The van der Waals surface area contributed by atoms with E-state index in [2.05, 4.69) is 10.0 Å². The first-order valence-electron chi connectivity index (χ1n) is 4.51. The Hall–Kier alpha value is -1.67. The van der Waals surface area contributed by atoms with Crippen LogP contribution in [0, 0.1) is 6.92 Å². The van der Waals surface area contributed by atoms with Gasteiger partial charge in [-0.05, 0) is 42.6 Å². The molecule has 1 rings (SSSR count). The van der Waals surface area contributed by atoms with Gasteiger partial charge in [0, 0.05) is 4.91 Å². The van der Waals surface area contributed by atoms with E-state index in [0.29, 0.717) is 13.2 Å². The number of azide groups is 1. The zero-order valence-corrected chi connectivity index (χ0v) is 8.40. The SMILES string of the molecule is CCOc1ccc(CN=[N+]=[N-])c(C)c1. The number of hydrogen-bond donors (Lipinski definition) is 0. The molecular formula is C10H13N3O. The van der Waals surface area contributed by atoms with Crippen molar-refractivity contribution in [3.63, 3.8) is 0 Å². The molecule has 4 heteroatoms. The molecule has 1 aromatic rings. The second-order valence-electron chi connectivity index (χ2n) is 2.91. The van der Waals surface area contributed by atoms with E-state index in [1.807, 2.05) is 32.0 Å². The van der Waals surface area contributed by atoms with Crippen molar-refractivity contribution < 1.29 is 4.74 Å². The van der Waals surface area contributed by atoms with Gasteiger partial charge in [-0.25, -0.2) is 0 Å². The Bertz CT molecular complexity index is 356. The van der Waals surface area contributed by atoms with E-state index >= 15 is 0 Å². The van der Waals surface area contributed by atoms with E-state index in [1.54, 1.807) is 0 Å². The fourth-order valence-electron chi connectivity index (χ4n) is 1.21. The van der Waals surface area contributed by atoms with Crippen LogP contribution >= 0.6 is 0 Å². The Morgan fingerprint density at radius 3 is 2.86 bits per heavy atom. The maximum atomic E-state index is 8.19. The first-order chi connectivity index (χ1) is 6.77. The summed E-state index contributed by atoms with van der Waals surface area (Å²) in [6, 6.07) is 5.76. The maximum absolute atomic E-state index is 8.19. The molecule has 1 aromatic carbocycles. The van der Waals surface area contributed by atoms with Gasteiger partial charge in [0.15, 0.2) is 0 Å². The molecule has 0 atom stereocenters. The predicted molar refractivity (Wildman–Crippen MR) is 55.2 cm³/mol. The number of aryl methyl sites for hydroxylation is 1. The Morgan fingerprint density at radius 1 is 1.50 bits per heavy atom. The monoisotopic (exact) mass is 191 g/mol. The lowest BCUT2D eigenvalue weighted by molar-refractivity contribution is 0.340.